The van der Waals surface area contributed by atoms with Gasteiger partial charge in [-0.25, -0.2) is 4.98 Å². The Bertz CT molecular complexity index is 835. The lowest BCUT2D eigenvalue weighted by Gasteiger charge is -2.06. The molecule has 0 aliphatic heterocycles. The molecule has 0 spiro atoms. The van der Waals surface area contributed by atoms with E-state index in [0.717, 1.165) is 23.3 Å². The molecule has 0 saturated heterocycles. The molecule has 0 radical (unpaired) electrons. The van der Waals surface area contributed by atoms with Gasteiger partial charge in [-0.15, -0.1) is 0 Å². The van der Waals surface area contributed by atoms with Crippen LogP contribution in [0, 0.1) is 6.92 Å². The highest BCUT2D eigenvalue weighted by molar-refractivity contribution is 5.66. The Morgan fingerprint density at radius 2 is 1.65 bits per heavy atom. The minimum atomic E-state index is -4.36. The van der Waals surface area contributed by atoms with Gasteiger partial charge in [0, 0.05) is 16.8 Å². The molecule has 7 heteroatoms. The van der Waals surface area contributed by atoms with E-state index < -0.39 is 11.7 Å². The van der Waals surface area contributed by atoms with Gasteiger partial charge in [-0.1, -0.05) is 24.3 Å². The van der Waals surface area contributed by atoms with Crippen LogP contribution in [-0.2, 0) is 6.18 Å². The molecule has 2 aromatic carbocycles. The zero-order valence-corrected chi connectivity index (χ0v) is 12.1. The predicted octanol–water partition coefficient (Wildman–Crippen LogP) is 4.05. The first-order valence-corrected chi connectivity index (χ1v) is 6.81. The molecule has 3 rings (SSSR count). The normalized spacial score (nSPS) is 11.7. The molecule has 0 saturated carbocycles. The number of benzene rings is 2. The average Bonchev–Trinajstić information content (AvgIpc) is 2.99. The molecule has 0 bridgehead atoms. The molecule has 0 atom stereocenters. The van der Waals surface area contributed by atoms with Crippen LogP contribution in [0.15, 0.2) is 42.5 Å². The van der Waals surface area contributed by atoms with Gasteiger partial charge < -0.3 is 5.73 Å². The number of hydrogen-bond donors (Lipinski definition) is 2. The number of anilines is 1. The highest BCUT2D eigenvalue weighted by Gasteiger charge is 2.30. The molecule has 3 N–H and O–H groups in total. The van der Waals surface area contributed by atoms with E-state index in [1.807, 2.05) is 19.1 Å². The Labute approximate surface area is 130 Å². The van der Waals surface area contributed by atoms with Crippen LogP contribution in [0.3, 0.4) is 0 Å². The Kier molecular flexibility index (Phi) is 3.55. The summed E-state index contributed by atoms with van der Waals surface area (Å²) in [6, 6.07) is 10.2. The summed E-state index contributed by atoms with van der Waals surface area (Å²) < 4.78 is 37.7. The van der Waals surface area contributed by atoms with Crippen molar-refractivity contribution in [3.05, 3.63) is 53.6 Å². The van der Waals surface area contributed by atoms with E-state index in [1.165, 1.54) is 12.1 Å². The van der Waals surface area contributed by atoms with Crippen LogP contribution in [0.5, 0.6) is 0 Å². The van der Waals surface area contributed by atoms with Gasteiger partial charge >= 0.3 is 6.18 Å². The van der Waals surface area contributed by atoms with E-state index >= 15 is 0 Å². The number of nitrogens with one attached hydrogen (secondary N) is 1. The summed E-state index contributed by atoms with van der Waals surface area (Å²) in [5, 5.41) is 6.82. The summed E-state index contributed by atoms with van der Waals surface area (Å²) in [6.07, 6.45) is -4.36. The van der Waals surface area contributed by atoms with Gasteiger partial charge in [0.1, 0.15) is 0 Å². The van der Waals surface area contributed by atoms with E-state index in [-0.39, 0.29) is 0 Å². The van der Waals surface area contributed by atoms with Crippen molar-refractivity contribution in [1.29, 1.82) is 0 Å². The number of H-pyrrole nitrogens is 1. The molecule has 0 amide bonds. The molecule has 1 aromatic heterocycles. The fourth-order valence-electron chi connectivity index (χ4n) is 2.12. The molecule has 0 aliphatic rings. The SMILES string of the molecule is Cc1ccc(-c2n[nH]c(-c3ccc(C(F)(F)F)cc3)n2)cc1N. The molecular formula is C16H13F3N4. The second kappa shape index (κ2) is 5.42. The summed E-state index contributed by atoms with van der Waals surface area (Å²) in [6.45, 7) is 1.89. The molecular weight excluding hydrogens is 305 g/mol. The molecule has 3 aromatic rings. The second-order valence-corrected chi connectivity index (χ2v) is 5.15. The van der Waals surface area contributed by atoms with Gasteiger partial charge in [-0.3, -0.25) is 5.10 Å². The fourth-order valence-corrected chi connectivity index (χ4v) is 2.12. The third kappa shape index (κ3) is 3.03. The number of aromatic amines is 1. The molecule has 23 heavy (non-hydrogen) atoms. The minimum Gasteiger partial charge on any atom is -0.398 e. The van der Waals surface area contributed by atoms with Gasteiger partial charge in [0.25, 0.3) is 0 Å². The van der Waals surface area contributed by atoms with Gasteiger partial charge in [-0.2, -0.15) is 18.3 Å². The number of nitrogens with two attached hydrogens (primary N) is 1. The van der Waals surface area contributed by atoms with E-state index in [0.29, 0.717) is 22.9 Å². The second-order valence-electron chi connectivity index (χ2n) is 5.15. The standard InChI is InChI=1S/C16H13F3N4/c1-9-2-3-11(8-13(9)20)15-21-14(22-23-15)10-4-6-12(7-5-10)16(17,18)19/h2-8H,20H2,1H3,(H,21,22,23). The zero-order valence-electron chi connectivity index (χ0n) is 12.1. The average molecular weight is 318 g/mol. The maximum absolute atomic E-state index is 12.6. The van der Waals surface area contributed by atoms with Crippen molar-refractivity contribution in [3.8, 4) is 22.8 Å². The summed E-state index contributed by atoms with van der Waals surface area (Å²) in [7, 11) is 0. The van der Waals surface area contributed by atoms with E-state index in [1.54, 1.807) is 6.07 Å². The number of alkyl halides is 3. The fraction of sp³-hybridized carbons (Fsp3) is 0.125. The molecule has 0 unspecified atom stereocenters. The first kappa shape index (κ1) is 15.1. The van der Waals surface area contributed by atoms with Crippen LogP contribution < -0.4 is 5.73 Å². The van der Waals surface area contributed by atoms with Crippen LogP contribution in [0.4, 0.5) is 18.9 Å². The van der Waals surface area contributed by atoms with Crippen LogP contribution in [0.1, 0.15) is 11.1 Å². The predicted molar refractivity (Wildman–Crippen MR) is 81.4 cm³/mol. The summed E-state index contributed by atoms with van der Waals surface area (Å²) in [5.41, 5.74) is 8.00. The zero-order chi connectivity index (χ0) is 16.6. The Morgan fingerprint density at radius 3 is 2.26 bits per heavy atom. The highest BCUT2D eigenvalue weighted by Crippen LogP contribution is 2.30. The lowest BCUT2D eigenvalue weighted by molar-refractivity contribution is -0.137. The van der Waals surface area contributed by atoms with Crippen molar-refractivity contribution in [3.63, 3.8) is 0 Å². The Morgan fingerprint density at radius 1 is 1.00 bits per heavy atom. The number of aryl methyl sites for hydroxylation is 1. The lowest BCUT2D eigenvalue weighted by Crippen LogP contribution is -2.04. The van der Waals surface area contributed by atoms with Crippen molar-refractivity contribution in [1.82, 2.24) is 15.2 Å². The molecule has 118 valence electrons. The first-order valence-electron chi connectivity index (χ1n) is 6.81. The molecule has 4 nitrogen and oxygen atoms in total. The third-order valence-electron chi connectivity index (χ3n) is 3.51. The lowest BCUT2D eigenvalue weighted by atomic mass is 10.1. The number of hydrogen-bond acceptors (Lipinski definition) is 3. The molecule has 0 aliphatic carbocycles. The van der Waals surface area contributed by atoms with Gasteiger partial charge in [-0.05, 0) is 30.7 Å². The Balaban J connectivity index is 1.91. The van der Waals surface area contributed by atoms with Crippen LogP contribution in [0.25, 0.3) is 22.8 Å². The van der Waals surface area contributed by atoms with Crippen LogP contribution >= 0.6 is 0 Å². The summed E-state index contributed by atoms with van der Waals surface area (Å²) >= 11 is 0. The topological polar surface area (TPSA) is 67.6 Å². The summed E-state index contributed by atoms with van der Waals surface area (Å²) in [5.74, 6) is 0.833. The van der Waals surface area contributed by atoms with Gasteiger partial charge in [0.05, 0.1) is 5.56 Å². The largest absolute Gasteiger partial charge is 0.416 e. The van der Waals surface area contributed by atoms with Crippen LogP contribution in [-0.4, -0.2) is 15.2 Å². The monoisotopic (exact) mass is 318 g/mol. The first-order chi connectivity index (χ1) is 10.8. The summed E-state index contributed by atoms with van der Waals surface area (Å²) in [4.78, 5) is 4.31. The number of halogens is 3. The highest BCUT2D eigenvalue weighted by atomic mass is 19.4. The maximum atomic E-state index is 12.6. The number of aromatic nitrogens is 3. The van der Waals surface area contributed by atoms with Crippen molar-refractivity contribution in [2.45, 2.75) is 13.1 Å². The van der Waals surface area contributed by atoms with Gasteiger partial charge in [0.2, 0.25) is 0 Å². The molecule has 0 fully saturated rings. The van der Waals surface area contributed by atoms with Crippen molar-refractivity contribution >= 4 is 5.69 Å². The van der Waals surface area contributed by atoms with E-state index in [2.05, 4.69) is 15.2 Å². The van der Waals surface area contributed by atoms with Crippen molar-refractivity contribution in [2.75, 3.05) is 5.73 Å². The molecule has 1 heterocycles. The smallest absolute Gasteiger partial charge is 0.398 e. The van der Waals surface area contributed by atoms with Gasteiger partial charge in [0.15, 0.2) is 11.6 Å². The van der Waals surface area contributed by atoms with Crippen molar-refractivity contribution in [2.24, 2.45) is 0 Å². The third-order valence-corrected chi connectivity index (χ3v) is 3.51. The number of rotatable bonds is 2. The van der Waals surface area contributed by atoms with E-state index in [9.17, 15) is 13.2 Å². The minimum absolute atomic E-state index is 0.396. The van der Waals surface area contributed by atoms with Crippen LogP contribution in [0.2, 0.25) is 0 Å². The number of nitrogen functional groups attached to an aromatic ring is 1. The Hall–Kier alpha value is -2.83. The quantitative estimate of drug-likeness (QED) is 0.701. The van der Waals surface area contributed by atoms with E-state index in [4.69, 9.17) is 5.73 Å². The maximum Gasteiger partial charge on any atom is 0.416 e. The van der Waals surface area contributed by atoms with Crippen molar-refractivity contribution < 1.29 is 13.2 Å². The number of nitrogens with zero attached hydrogens (tertiary/aromatic N) is 2.